The summed E-state index contributed by atoms with van der Waals surface area (Å²) >= 11 is 0. The van der Waals surface area contributed by atoms with Gasteiger partial charge in [0.25, 0.3) is 5.97 Å². The summed E-state index contributed by atoms with van der Waals surface area (Å²) in [5, 5.41) is 12.4. The number of aromatic amines is 1. The minimum Gasteiger partial charge on any atom is -0.497 e. The first-order valence-electron chi connectivity index (χ1n) is 11.6. The summed E-state index contributed by atoms with van der Waals surface area (Å²) in [7, 11) is 3.47. The lowest BCUT2D eigenvalue weighted by Crippen LogP contribution is -2.36. The third kappa shape index (κ3) is 5.35. The van der Waals surface area contributed by atoms with Crippen LogP contribution in [0.25, 0.3) is 10.9 Å². The Morgan fingerprint density at radius 2 is 1.91 bits per heavy atom. The van der Waals surface area contributed by atoms with Crippen LogP contribution in [-0.2, 0) is 22.5 Å². The lowest BCUT2D eigenvalue weighted by atomic mass is 9.93. The highest BCUT2D eigenvalue weighted by atomic mass is 16.5. The van der Waals surface area contributed by atoms with Gasteiger partial charge in [0, 0.05) is 55.3 Å². The molecule has 34 heavy (non-hydrogen) atoms. The first-order chi connectivity index (χ1) is 16.5. The van der Waals surface area contributed by atoms with E-state index >= 15 is 0 Å². The third-order valence-corrected chi connectivity index (χ3v) is 6.29. The molecular formula is C26H33N3O5. The number of carboxylic acids is 1. The molecule has 2 aliphatic rings. The zero-order valence-corrected chi connectivity index (χ0v) is 20.0. The second kappa shape index (κ2) is 10.9. The average Bonchev–Trinajstić information content (AvgIpc) is 3.22. The number of hydrogen-bond acceptors (Lipinski definition) is 6. The van der Waals surface area contributed by atoms with Crippen molar-refractivity contribution < 1.29 is 24.1 Å². The van der Waals surface area contributed by atoms with E-state index in [2.05, 4.69) is 45.5 Å². The summed E-state index contributed by atoms with van der Waals surface area (Å²) in [5.41, 5.74) is 6.30. The van der Waals surface area contributed by atoms with Crippen LogP contribution in [0.5, 0.6) is 11.5 Å². The van der Waals surface area contributed by atoms with Crippen molar-refractivity contribution >= 4 is 16.9 Å². The van der Waals surface area contributed by atoms with Crippen LogP contribution < -0.4 is 14.8 Å². The number of carboxylic acid groups (broad SMARTS) is 1. The van der Waals surface area contributed by atoms with E-state index in [9.17, 15) is 0 Å². The van der Waals surface area contributed by atoms with Crippen molar-refractivity contribution in [1.29, 1.82) is 0 Å². The van der Waals surface area contributed by atoms with Gasteiger partial charge in [-0.15, -0.1) is 0 Å². The van der Waals surface area contributed by atoms with Crippen molar-refractivity contribution in [2.75, 3.05) is 47.1 Å². The molecule has 1 unspecified atom stereocenters. The Morgan fingerprint density at radius 1 is 1.15 bits per heavy atom. The maximum atomic E-state index is 9.00. The van der Waals surface area contributed by atoms with Crippen LogP contribution in [-0.4, -0.2) is 68.0 Å². The molecule has 5 rings (SSSR count). The van der Waals surface area contributed by atoms with Crippen LogP contribution in [0.15, 0.2) is 36.4 Å². The first-order valence-corrected chi connectivity index (χ1v) is 11.6. The van der Waals surface area contributed by atoms with E-state index in [1.165, 1.54) is 27.8 Å². The van der Waals surface area contributed by atoms with E-state index in [-0.39, 0.29) is 6.04 Å². The number of aliphatic carboxylic acids is 1. The van der Waals surface area contributed by atoms with E-state index in [0.29, 0.717) is 0 Å². The Hall–Kier alpha value is -3.07. The van der Waals surface area contributed by atoms with E-state index < -0.39 is 5.97 Å². The summed E-state index contributed by atoms with van der Waals surface area (Å²) in [6.07, 6.45) is 1.01. The lowest BCUT2D eigenvalue weighted by molar-refractivity contribution is -0.134. The minimum atomic E-state index is -0.833. The number of fused-ring (bicyclic) bond motifs is 3. The zero-order chi connectivity index (χ0) is 24.1. The van der Waals surface area contributed by atoms with Gasteiger partial charge in [-0.25, -0.2) is 0 Å². The van der Waals surface area contributed by atoms with Gasteiger partial charge >= 0.3 is 0 Å². The third-order valence-electron chi connectivity index (χ3n) is 6.29. The number of hydrogen-bond donors (Lipinski definition) is 3. The second-order valence-corrected chi connectivity index (χ2v) is 8.54. The number of methoxy groups -OCH3 is 2. The van der Waals surface area contributed by atoms with Gasteiger partial charge in [0.05, 0.1) is 33.5 Å². The molecule has 2 aromatic carbocycles. The summed E-state index contributed by atoms with van der Waals surface area (Å²) in [5.74, 6) is 1.01. The fourth-order valence-electron chi connectivity index (χ4n) is 4.72. The molecule has 1 aromatic heterocycles. The van der Waals surface area contributed by atoms with Gasteiger partial charge in [-0.1, -0.05) is 6.07 Å². The smallest absolute Gasteiger partial charge is 0.300 e. The number of aromatic nitrogens is 1. The predicted molar refractivity (Wildman–Crippen MR) is 131 cm³/mol. The summed E-state index contributed by atoms with van der Waals surface area (Å²) in [6.45, 7) is 6.44. The molecule has 0 saturated carbocycles. The number of rotatable bonds is 5. The molecule has 0 radical (unpaired) electrons. The van der Waals surface area contributed by atoms with Gasteiger partial charge in [0.2, 0.25) is 0 Å². The molecule has 8 heteroatoms. The minimum absolute atomic E-state index is 0.140. The Labute approximate surface area is 199 Å². The molecule has 1 atom stereocenters. The van der Waals surface area contributed by atoms with E-state index in [0.717, 1.165) is 69.8 Å². The molecule has 0 bridgehead atoms. The number of H-pyrrole nitrogens is 1. The van der Waals surface area contributed by atoms with Gasteiger partial charge in [-0.05, 0) is 47.9 Å². The monoisotopic (exact) mass is 467 g/mol. The Balaban J connectivity index is 0.000000636. The van der Waals surface area contributed by atoms with Crippen molar-refractivity contribution in [3.05, 3.63) is 58.8 Å². The molecule has 0 aliphatic carbocycles. The molecule has 8 nitrogen and oxygen atoms in total. The molecular weight excluding hydrogens is 434 g/mol. The van der Waals surface area contributed by atoms with Crippen molar-refractivity contribution in [3.63, 3.8) is 0 Å². The van der Waals surface area contributed by atoms with E-state index in [4.69, 9.17) is 24.1 Å². The van der Waals surface area contributed by atoms with Crippen molar-refractivity contribution in [2.24, 2.45) is 0 Å². The Morgan fingerprint density at radius 3 is 2.62 bits per heavy atom. The van der Waals surface area contributed by atoms with Crippen LogP contribution in [0.2, 0.25) is 0 Å². The fraction of sp³-hybridized carbons (Fsp3) is 0.423. The average molecular weight is 468 g/mol. The normalized spacial score (nSPS) is 18.0. The number of nitrogens with zero attached hydrogens (tertiary/aromatic N) is 1. The van der Waals surface area contributed by atoms with Gasteiger partial charge in [0.15, 0.2) is 0 Å². The lowest BCUT2D eigenvalue weighted by Gasteiger charge is -2.29. The molecule has 1 fully saturated rings. The molecule has 1 saturated heterocycles. The maximum absolute atomic E-state index is 9.00. The van der Waals surface area contributed by atoms with Crippen molar-refractivity contribution in [2.45, 2.75) is 25.9 Å². The second-order valence-electron chi connectivity index (χ2n) is 8.54. The fourth-order valence-corrected chi connectivity index (χ4v) is 4.72. The molecule has 0 amide bonds. The topological polar surface area (TPSA) is 96.0 Å². The van der Waals surface area contributed by atoms with Gasteiger partial charge in [0.1, 0.15) is 11.5 Å². The van der Waals surface area contributed by atoms with Crippen LogP contribution >= 0.6 is 0 Å². The van der Waals surface area contributed by atoms with E-state index in [1.807, 2.05) is 6.07 Å². The predicted octanol–water partition coefficient (Wildman–Crippen LogP) is 3.34. The highest BCUT2D eigenvalue weighted by Crippen LogP contribution is 2.36. The molecule has 3 aromatic rings. The molecule has 3 heterocycles. The van der Waals surface area contributed by atoms with Crippen LogP contribution in [0.4, 0.5) is 0 Å². The number of ether oxygens (including phenoxy) is 3. The van der Waals surface area contributed by atoms with Gasteiger partial charge in [-0.2, -0.15) is 0 Å². The van der Waals surface area contributed by atoms with Gasteiger partial charge < -0.3 is 29.6 Å². The molecule has 182 valence electrons. The summed E-state index contributed by atoms with van der Waals surface area (Å²) in [6, 6.07) is 13.0. The molecule has 2 aliphatic heterocycles. The Kier molecular flexibility index (Phi) is 7.72. The zero-order valence-electron chi connectivity index (χ0n) is 20.0. The number of carbonyl (C=O) groups is 1. The number of morpholine rings is 1. The van der Waals surface area contributed by atoms with Crippen LogP contribution in [0, 0.1) is 0 Å². The number of benzene rings is 2. The SMILES string of the molecule is CC(=O)O.COc1ccc2[nH]c3c(c2c1)CCNC3c1ccc(OC)c(CN2CCOCC2)c1. The number of nitrogens with one attached hydrogen (secondary N) is 2. The largest absolute Gasteiger partial charge is 0.497 e. The highest BCUT2D eigenvalue weighted by molar-refractivity contribution is 5.86. The summed E-state index contributed by atoms with van der Waals surface area (Å²) in [4.78, 5) is 15.1. The summed E-state index contributed by atoms with van der Waals surface area (Å²) < 4.78 is 16.6. The van der Waals surface area contributed by atoms with Crippen LogP contribution in [0.1, 0.15) is 35.3 Å². The maximum Gasteiger partial charge on any atom is 0.300 e. The van der Waals surface area contributed by atoms with Crippen LogP contribution in [0.3, 0.4) is 0 Å². The first kappa shape index (κ1) is 24.1. The quantitative estimate of drug-likeness (QED) is 0.530. The van der Waals surface area contributed by atoms with Gasteiger partial charge in [-0.3, -0.25) is 9.69 Å². The molecule has 3 N–H and O–H groups in total. The van der Waals surface area contributed by atoms with E-state index in [1.54, 1.807) is 14.2 Å². The Bertz CT molecular complexity index is 1130. The van der Waals surface area contributed by atoms with Crippen molar-refractivity contribution in [3.8, 4) is 11.5 Å². The highest BCUT2D eigenvalue weighted by Gasteiger charge is 2.26. The standard InChI is InChI=1S/C24H29N3O3.C2H4O2/c1-28-18-4-5-21-20(14-18)19-7-8-25-23(24(19)26-21)16-3-6-22(29-2)17(13-16)15-27-9-11-30-12-10-27;1-2(3)4/h3-6,13-14,23,25-26H,7-12,15H2,1-2H3;1H3,(H,3,4). The van der Waals surface area contributed by atoms with Crippen molar-refractivity contribution in [1.82, 2.24) is 15.2 Å². The molecule has 0 spiro atoms.